The van der Waals surface area contributed by atoms with Gasteiger partial charge in [-0.25, -0.2) is 4.31 Å². The maximum atomic E-state index is 5.87. The number of hydrogen-bond donors (Lipinski definition) is 2. The minimum absolute atomic E-state index is 0.492. The molecule has 0 bridgehead atoms. The van der Waals surface area contributed by atoms with E-state index in [2.05, 4.69) is 12.3 Å². The monoisotopic (exact) mass is 185 g/mol. The number of nitrogens with one attached hydrogen (secondary N) is 1. The first kappa shape index (κ1) is 8.60. The molecule has 2 aliphatic rings. The first-order valence-electron chi connectivity index (χ1n) is 4.75. The van der Waals surface area contributed by atoms with E-state index in [0.717, 1.165) is 5.92 Å². The Morgan fingerprint density at radius 3 is 3.00 bits per heavy atom. The van der Waals surface area contributed by atoms with Crippen molar-refractivity contribution >= 4 is 11.9 Å². The van der Waals surface area contributed by atoms with Crippen molar-refractivity contribution in [1.82, 2.24) is 0 Å². The van der Waals surface area contributed by atoms with Gasteiger partial charge in [-0.3, -0.25) is 0 Å². The Morgan fingerprint density at radius 2 is 2.42 bits per heavy atom. The Bertz CT molecular complexity index is 181. The van der Waals surface area contributed by atoms with Gasteiger partial charge in [0.15, 0.2) is 0 Å². The highest BCUT2D eigenvalue weighted by Crippen LogP contribution is 2.22. The van der Waals surface area contributed by atoms with Crippen molar-refractivity contribution in [1.29, 1.82) is 0 Å². The van der Waals surface area contributed by atoms with Crippen LogP contribution in [0.4, 0.5) is 0 Å². The first-order valence-corrected chi connectivity index (χ1v) is 5.74. The lowest BCUT2D eigenvalue weighted by Gasteiger charge is -2.12. The van der Waals surface area contributed by atoms with Crippen LogP contribution in [0.5, 0.6) is 0 Å². The maximum absolute atomic E-state index is 5.87. The van der Waals surface area contributed by atoms with Crippen LogP contribution < -0.4 is 10.0 Å². The summed E-state index contributed by atoms with van der Waals surface area (Å²) < 4.78 is 1.58. The zero-order chi connectivity index (χ0) is 8.39. The summed E-state index contributed by atoms with van der Waals surface area (Å²) in [6.07, 6.45) is 8.38. The van der Waals surface area contributed by atoms with Crippen LogP contribution in [0.3, 0.4) is 0 Å². The van der Waals surface area contributed by atoms with Crippen molar-refractivity contribution in [3.05, 3.63) is 12.3 Å². The van der Waals surface area contributed by atoms with Crippen molar-refractivity contribution < 1.29 is 4.31 Å². The van der Waals surface area contributed by atoms with E-state index in [4.69, 9.17) is 5.73 Å². The minimum Gasteiger partial charge on any atom is -0.328 e. The molecule has 3 unspecified atom stereocenters. The maximum Gasteiger partial charge on any atom is 0.103 e. The molecule has 3 N–H and O–H groups in total. The normalized spacial score (nSPS) is 40.9. The summed E-state index contributed by atoms with van der Waals surface area (Å²) in [7, 11) is 0. The molecule has 3 atom stereocenters. The lowest BCUT2D eigenvalue weighted by Crippen LogP contribution is -3.00. The first-order chi connectivity index (χ1) is 5.84. The predicted molar refractivity (Wildman–Crippen MR) is 52.7 cm³/mol. The fourth-order valence-corrected chi connectivity index (χ4v) is 3.05. The second-order valence-electron chi connectivity index (χ2n) is 3.82. The van der Waals surface area contributed by atoms with Gasteiger partial charge < -0.3 is 5.73 Å². The van der Waals surface area contributed by atoms with Gasteiger partial charge in [0.05, 0.1) is 24.2 Å². The summed E-state index contributed by atoms with van der Waals surface area (Å²) in [5.74, 6) is 2.07. The van der Waals surface area contributed by atoms with Crippen LogP contribution in [0.1, 0.15) is 19.3 Å². The van der Waals surface area contributed by atoms with Gasteiger partial charge in [0.1, 0.15) is 6.20 Å². The van der Waals surface area contributed by atoms with E-state index in [9.17, 15) is 0 Å². The molecule has 0 spiro atoms. The standard InChI is InChI=1S/C9H16N2S/c10-9-3-2-8(6-9)7-11-4-1-5-12-11/h1,4,8-9H,2-3,5-7,10H2/p+1. The average molecular weight is 185 g/mol. The van der Waals surface area contributed by atoms with Crippen LogP contribution >= 0.6 is 11.9 Å². The zero-order valence-electron chi connectivity index (χ0n) is 7.33. The molecule has 0 radical (unpaired) electrons. The van der Waals surface area contributed by atoms with Crippen molar-refractivity contribution in [3.63, 3.8) is 0 Å². The smallest absolute Gasteiger partial charge is 0.103 e. The molecule has 0 amide bonds. The molecular weight excluding hydrogens is 168 g/mol. The second kappa shape index (κ2) is 3.81. The Balaban J connectivity index is 1.76. The van der Waals surface area contributed by atoms with Crippen LogP contribution in [-0.2, 0) is 0 Å². The number of rotatable bonds is 2. The summed E-state index contributed by atoms with van der Waals surface area (Å²) in [5.41, 5.74) is 5.87. The van der Waals surface area contributed by atoms with Crippen molar-refractivity contribution in [2.75, 3.05) is 12.3 Å². The highest BCUT2D eigenvalue weighted by atomic mass is 32.2. The molecule has 2 nitrogen and oxygen atoms in total. The average Bonchev–Trinajstić information content (AvgIpc) is 2.63. The molecule has 2 rings (SSSR count). The van der Waals surface area contributed by atoms with Crippen molar-refractivity contribution in [3.8, 4) is 0 Å². The number of quaternary nitrogens is 1. The van der Waals surface area contributed by atoms with Gasteiger partial charge in [0.25, 0.3) is 0 Å². The second-order valence-corrected chi connectivity index (χ2v) is 4.97. The molecule has 12 heavy (non-hydrogen) atoms. The number of nitrogens with two attached hydrogens (primary N) is 1. The largest absolute Gasteiger partial charge is 0.328 e. The molecule has 1 heterocycles. The Labute approximate surface area is 78.3 Å². The molecule has 3 heteroatoms. The van der Waals surface area contributed by atoms with E-state index < -0.39 is 0 Å². The van der Waals surface area contributed by atoms with Gasteiger partial charge in [-0.15, -0.1) is 0 Å². The molecule has 1 saturated carbocycles. The van der Waals surface area contributed by atoms with E-state index in [1.807, 2.05) is 11.9 Å². The Kier molecular flexibility index (Phi) is 2.73. The summed E-state index contributed by atoms with van der Waals surface area (Å²) in [6, 6.07) is 0.492. The third-order valence-corrected chi connectivity index (χ3v) is 3.77. The van der Waals surface area contributed by atoms with E-state index >= 15 is 0 Å². The molecular formula is C9H17N2S+. The Morgan fingerprint density at radius 1 is 1.50 bits per heavy atom. The quantitative estimate of drug-likeness (QED) is 0.601. The minimum atomic E-state index is 0.492. The summed E-state index contributed by atoms with van der Waals surface area (Å²) in [6.45, 7) is 1.29. The molecule has 0 aromatic carbocycles. The van der Waals surface area contributed by atoms with E-state index in [1.54, 1.807) is 4.31 Å². The molecule has 1 fully saturated rings. The topological polar surface area (TPSA) is 30.5 Å². The molecule has 0 aromatic rings. The van der Waals surface area contributed by atoms with Crippen LogP contribution in [0.15, 0.2) is 12.3 Å². The van der Waals surface area contributed by atoms with Crippen LogP contribution in [0, 0.1) is 5.92 Å². The zero-order valence-corrected chi connectivity index (χ0v) is 8.15. The van der Waals surface area contributed by atoms with Crippen LogP contribution in [0.2, 0.25) is 0 Å². The van der Waals surface area contributed by atoms with Crippen LogP contribution in [0.25, 0.3) is 0 Å². The summed E-state index contributed by atoms with van der Waals surface area (Å²) >= 11 is 2.00. The van der Waals surface area contributed by atoms with E-state index in [0.29, 0.717) is 6.04 Å². The summed E-state index contributed by atoms with van der Waals surface area (Å²) in [4.78, 5) is 0. The lowest BCUT2D eigenvalue weighted by atomic mass is 10.1. The predicted octanol–water partition coefficient (Wildman–Crippen LogP) is 0.174. The molecule has 0 aromatic heterocycles. The number of hydrogen-bond acceptors (Lipinski definition) is 2. The van der Waals surface area contributed by atoms with Gasteiger partial charge in [0.2, 0.25) is 0 Å². The van der Waals surface area contributed by atoms with Gasteiger partial charge >= 0.3 is 0 Å². The highest BCUT2D eigenvalue weighted by Gasteiger charge is 2.26. The van der Waals surface area contributed by atoms with Crippen molar-refractivity contribution in [2.24, 2.45) is 11.7 Å². The van der Waals surface area contributed by atoms with Crippen molar-refractivity contribution in [2.45, 2.75) is 25.3 Å². The SMILES string of the molecule is NC1CCC(C[NH+]2C=CCS2)C1. The van der Waals surface area contributed by atoms with Gasteiger partial charge in [-0.2, -0.15) is 0 Å². The lowest BCUT2D eigenvalue weighted by molar-refractivity contribution is -0.696. The van der Waals surface area contributed by atoms with Gasteiger partial charge in [-0.1, -0.05) is 0 Å². The highest BCUT2D eigenvalue weighted by molar-refractivity contribution is 7.93. The fourth-order valence-electron chi connectivity index (χ4n) is 2.09. The van der Waals surface area contributed by atoms with E-state index in [-0.39, 0.29) is 0 Å². The molecule has 1 aliphatic heterocycles. The van der Waals surface area contributed by atoms with Crippen LogP contribution in [-0.4, -0.2) is 18.3 Å². The fraction of sp³-hybridized carbons (Fsp3) is 0.778. The summed E-state index contributed by atoms with van der Waals surface area (Å²) in [5, 5.41) is 0. The van der Waals surface area contributed by atoms with Gasteiger partial charge in [-0.05, 0) is 25.3 Å². The third-order valence-electron chi connectivity index (χ3n) is 2.74. The Hall–Kier alpha value is 0.01000. The molecule has 1 aliphatic carbocycles. The van der Waals surface area contributed by atoms with Gasteiger partial charge in [0, 0.05) is 12.0 Å². The third kappa shape index (κ3) is 2.03. The van der Waals surface area contributed by atoms with E-state index in [1.165, 1.54) is 31.6 Å². The molecule has 68 valence electrons. The molecule has 0 saturated heterocycles.